The Bertz CT molecular complexity index is 2510. The Hall–Kier alpha value is -6.19. The zero-order valence-corrected chi connectivity index (χ0v) is 27.3. The van der Waals surface area contributed by atoms with Gasteiger partial charge in [0.2, 0.25) is 0 Å². The summed E-state index contributed by atoms with van der Waals surface area (Å²) in [5, 5.41) is 4.54. The summed E-state index contributed by atoms with van der Waals surface area (Å²) in [6.45, 7) is 2.26. The lowest BCUT2D eigenvalue weighted by Crippen LogP contribution is -2.10. The molecule has 1 aliphatic carbocycles. The minimum absolute atomic E-state index is 0.583. The predicted molar refractivity (Wildman–Crippen MR) is 205 cm³/mol. The number of anilines is 3. The van der Waals surface area contributed by atoms with Crippen molar-refractivity contribution < 1.29 is 4.42 Å². The van der Waals surface area contributed by atoms with Crippen molar-refractivity contribution in [2.75, 3.05) is 4.90 Å². The first-order chi connectivity index (χ1) is 24.2. The van der Waals surface area contributed by atoms with Gasteiger partial charge in [0.05, 0.1) is 5.69 Å². The number of fused-ring (bicyclic) bond motifs is 5. The molecule has 49 heavy (non-hydrogen) atoms. The highest BCUT2D eigenvalue weighted by molar-refractivity contribution is 6.25. The van der Waals surface area contributed by atoms with E-state index >= 15 is 0 Å². The van der Waals surface area contributed by atoms with E-state index in [0.29, 0.717) is 5.92 Å². The fourth-order valence-electron chi connectivity index (χ4n) is 7.22. The third-order valence-corrected chi connectivity index (χ3v) is 9.70. The molecule has 0 fully saturated rings. The molecule has 0 bridgehead atoms. The van der Waals surface area contributed by atoms with Gasteiger partial charge in [-0.1, -0.05) is 122 Å². The van der Waals surface area contributed by atoms with Crippen molar-refractivity contribution in [3.63, 3.8) is 0 Å². The van der Waals surface area contributed by atoms with Gasteiger partial charge in [0.15, 0.2) is 0 Å². The average molecular weight is 631 g/mol. The van der Waals surface area contributed by atoms with Gasteiger partial charge in [0.1, 0.15) is 11.2 Å². The van der Waals surface area contributed by atoms with Crippen molar-refractivity contribution in [2.24, 2.45) is 5.92 Å². The van der Waals surface area contributed by atoms with Crippen LogP contribution >= 0.6 is 0 Å². The molecule has 0 N–H and O–H groups in total. The zero-order chi connectivity index (χ0) is 32.7. The Morgan fingerprint density at radius 2 is 1.31 bits per heavy atom. The molecule has 9 rings (SSSR count). The second kappa shape index (κ2) is 12.1. The highest BCUT2D eigenvalue weighted by atomic mass is 16.3. The van der Waals surface area contributed by atoms with Crippen LogP contribution in [0.5, 0.6) is 0 Å². The van der Waals surface area contributed by atoms with Gasteiger partial charge in [-0.2, -0.15) is 0 Å². The van der Waals surface area contributed by atoms with Gasteiger partial charge < -0.3 is 9.32 Å². The largest absolute Gasteiger partial charge is 0.456 e. The summed E-state index contributed by atoms with van der Waals surface area (Å²) in [6, 6.07) is 49.7. The topological polar surface area (TPSA) is 29.3 Å². The predicted octanol–water partition coefficient (Wildman–Crippen LogP) is 12.9. The van der Waals surface area contributed by atoms with Gasteiger partial charge in [0.25, 0.3) is 0 Å². The molecule has 2 heterocycles. The van der Waals surface area contributed by atoms with Crippen LogP contribution in [0.15, 0.2) is 175 Å². The number of nitrogens with zero attached hydrogens (tertiary/aromatic N) is 2. The Labute approximate surface area is 286 Å². The van der Waals surface area contributed by atoms with Crippen LogP contribution in [-0.4, -0.2) is 4.98 Å². The smallest absolute Gasteiger partial charge is 0.138 e. The molecule has 0 saturated carbocycles. The lowest BCUT2D eigenvalue weighted by Gasteiger charge is -2.27. The number of hydrogen-bond donors (Lipinski definition) is 0. The van der Waals surface area contributed by atoms with Crippen molar-refractivity contribution in [2.45, 2.75) is 13.3 Å². The number of pyridine rings is 1. The van der Waals surface area contributed by atoms with Crippen LogP contribution in [0.2, 0.25) is 0 Å². The fraction of sp³-hybridized carbons (Fsp3) is 0.0652. The van der Waals surface area contributed by atoms with Crippen molar-refractivity contribution in [1.82, 2.24) is 4.98 Å². The highest BCUT2D eigenvalue weighted by Gasteiger charge is 2.22. The van der Waals surface area contributed by atoms with Crippen molar-refractivity contribution >= 4 is 55.3 Å². The molecule has 1 unspecified atom stereocenters. The summed E-state index contributed by atoms with van der Waals surface area (Å²) in [7, 11) is 0. The Morgan fingerprint density at radius 3 is 2.02 bits per heavy atom. The third kappa shape index (κ3) is 5.21. The molecule has 0 saturated heterocycles. The second-order valence-electron chi connectivity index (χ2n) is 12.9. The molecule has 0 radical (unpaired) electrons. The SMILES string of the molecule is CC1C=CC(c2ccc(N(c3ccc(-c4ccccc4)cc3)c3cc4oc5cccc(-c6cccnc6)c5c4c4ccccc34)cc2)=CC1. The van der Waals surface area contributed by atoms with Crippen LogP contribution < -0.4 is 4.90 Å². The van der Waals surface area contributed by atoms with Crippen LogP contribution in [0.4, 0.5) is 17.1 Å². The molecular formula is C46H34N2O. The Balaban J connectivity index is 1.25. The minimum Gasteiger partial charge on any atom is -0.456 e. The van der Waals surface area contributed by atoms with Gasteiger partial charge in [-0.3, -0.25) is 4.98 Å². The maximum Gasteiger partial charge on any atom is 0.138 e. The van der Waals surface area contributed by atoms with Crippen LogP contribution in [0, 0.1) is 5.92 Å². The molecule has 1 atom stereocenters. The first kappa shape index (κ1) is 29.0. The number of rotatable bonds is 6. The molecule has 2 aromatic heterocycles. The van der Waals surface area contributed by atoms with Crippen LogP contribution in [-0.2, 0) is 0 Å². The van der Waals surface area contributed by atoms with E-state index in [-0.39, 0.29) is 0 Å². The van der Waals surface area contributed by atoms with Gasteiger partial charge in [0, 0.05) is 51.6 Å². The Morgan fingerprint density at radius 1 is 0.612 bits per heavy atom. The van der Waals surface area contributed by atoms with Crippen LogP contribution in [0.3, 0.4) is 0 Å². The standard InChI is InChI=1S/C46H34N2O/c1-31-16-18-33(19-17-31)35-22-26-38(27-23-35)48(37-24-20-34(21-25-37)32-9-3-2-4-10-32)42-29-44-46(41-13-6-5-12-40(41)42)45-39(14-7-15-43(45)49-44)36-11-8-28-47-30-36/h2-16,18-31H,17H2,1H3. The molecule has 3 nitrogen and oxygen atoms in total. The third-order valence-electron chi connectivity index (χ3n) is 9.70. The maximum atomic E-state index is 6.71. The Kier molecular flexibility index (Phi) is 7.17. The summed E-state index contributed by atoms with van der Waals surface area (Å²) >= 11 is 0. The molecule has 1 aliphatic rings. The number of benzene rings is 6. The summed E-state index contributed by atoms with van der Waals surface area (Å²) in [4.78, 5) is 6.78. The lowest BCUT2D eigenvalue weighted by molar-refractivity contribution is 0.669. The molecule has 234 valence electrons. The van der Waals surface area contributed by atoms with Gasteiger partial charge in [-0.25, -0.2) is 0 Å². The van der Waals surface area contributed by atoms with Crippen LogP contribution in [0.1, 0.15) is 18.9 Å². The fourth-order valence-corrected chi connectivity index (χ4v) is 7.22. The molecule has 6 aromatic carbocycles. The highest BCUT2D eigenvalue weighted by Crippen LogP contribution is 2.46. The second-order valence-corrected chi connectivity index (χ2v) is 12.9. The molecular weight excluding hydrogens is 597 g/mol. The average Bonchev–Trinajstić information content (AvgIpc) is 3.56. The van der Waals surface area contributed by atoms with E-state index in [1.54, 1.807) is 0 Å². The van der Waals surface area contributed by atoms with Gasteiger partial charge in [-0.05, 0) is 82.0 Å². The number of allylic oxidation sites excluding steroid dienone is 4. The summed E-state index contributed by atoms with van der Waals surface area (Å²) in [6.07, 6.45) is 11.7. The molecule has 0 spiro atoms. The van der Waals surface area contributed by atoms with E-state index < -0.39 is 0 Å². The van der Waals surface area contributed by atoms with E-state index in [4.69, 9.17) is 4.42 Å². The molecule has 3 heteroatoms. The lowest BCUT2D eigenvalue weighted by atomic mass is 9.94. The van der Waals surface area contributed by atoms with Gasteiger partial charge in [-0.15, -0.1) is 0 Å². The number of aromatic nitrogens is 1. The molecule has 0 amide bonds. The quantitative estimate of drug-likeness (QED) is 0.183. The van der Waals surface area contributed by atoms with E-state index in [2.05, 4.69) is 168 Å². The van der Waals surface area contributed by atoms with Crippen LogP contribution in [0.25, 0.3) is 60.5 Å². The number of hydrogen-bond acceptors (Lipinski definition) is 3. The van der Waals surface area contributed by atoms with Crippen molar-refractivity contribution in [3.05, 3.63) is 176 Å². The maximum absolute atomic E-state index is 6.71. The van der Waals surface area contributed by atoms with Crippen molar-refractivity contribution in [1.29, 1.82) is 0 Å². The normalized spacial score (nSPS) is 14.4. The van der Waals surface area contributed by atoms with Gasteiger partial charge >= 0.3 is 0 Å². The first-order valence-corrected chi connectivity index (χ1v) is 16.9. The molecule has 0 aliphatic heterocycles. The summed E-state index contributed by atoms with van der Waals surface area (Å²) < 4.78 is 6.71. The van der Waals surface area contributed by atoms with E-state index in [1.807, 2.05) is 18.5 Å². The molecule has 8 aromatic rings. The monoisotopic (exact) mass is 630 g/mol. The number of furan rings is 1. The summed E-state index contributed by atoms with van der Waals surface area (Å²) in [5.74, 6) is 0.583. The first-order valence-electron chi connectivity index (χ1n) is 16.9. The minimum atomic E-state index is 0.583. The zero-order valence-electron chi connectivity index (χ0n) is 27.3. The van der Waals surface area contributed by atoms with E-state index in [1.165, 1.54) is 22.3 Å². The van der Waals surface area contributed by atoms with E-state index in [9.17, 15) is 0 Å². The summed E-state index contributed by atoms with van der Waals surface area (Å²) in [5.41, 5.74) is 12.0. The van der Waals surface area contributed by atoms with Crippen molar-refractivity contribution in [3.8, 4) is 22.3 Å². The van der Waals surface area contributed by atoms with E-state index in [0.717, 1.165) is 67.3 Å².